The van der Waals surface area contributed by atoms with Gasteiger partial charge in [0.1, 0.15) is 6.04 Å². The lowest BCUT2D eigenvalue weighted by molar-refractivity contribution is -0.140. The molecule has 360 valence electrons. The van der Waals surface area contributed by atoms with Gasteiger partial charge in [0.2, 0.25) is 17.7 Å². The number of sulfonamides is 1. The Labute approximate surface area is 386 Å². The van der Waals surface area contributed by atoms with E-state index in [0.717, 1.165) is 11.1 Å². The number of likely N-dealkylation sites (N-methyl/N-ethyl adjacent to an activating group) is 2. The number of nitrogens with one attached hydrogen (secondary N) is 5. The molecule has 17 heteroatoms. The fourth-order valence-corrected chi connectivity index (χ4v) is 9.01. The first-order valence-corrected chi connectivity index (χ1v) is 23.9. The summed E-state index contributed by atoms with van der Waals surface area (Å²) in [4.78, 5) is 80.9. The number of primary amides is 1. The molecule has 0 radical (unpaired) electrons. The van der Waals surface area contributed by atoms with Crippen LogP contribution >= 0.6 is 0 Å². The number of hydrogen-bond donors (Lipinski definition) is 7. The van der Waals surface area contributed by atoms with Crippen molar-refractivity contribution >= 4 is 45.5 Å². The van der Waals surface area contributed by atoms with Gasteiger partial charge in [-0.1, -0.05) is 111 Å². The van der Waals surface area contributed by atoms with Crippen molar-refractivity contribution in [2.24, 2.45) is 28.7 Å². The Morgan fingerprint density at radius 1 is 0.846 bits per heavy atom. The highest BCUT2D eigenvalue weighted by Crippen LogP contribution is 2.51. The molecule has 0 spiro atoms. The highest BCUT2D eigenvalue weighted by Gasteiger charge is 2.47. The van der Waals surface area contributed by atoms with Gasteiger partial charge in [-0.25, -0.2) is 17.9 Å². The molecule has 0 unspecified atom stereocenters. The van der Waals surface area contributed by atoms with E-state index in [-0.39, 0.29) is 59.3 Å². The van der Waals surface area contributed by atoms with Crippen molar-refractivity contribution in [1.29, 1.82) is 0 Å². The Balaban J connectivity index is 1.76. The molecule has 6 amide bonds. The summed E-state index contributed by atoms with van der Waals surface area (Å²) in [6.45, 7) is 18.6. The maximum Gasteiger partial charge on any atom is 0.312 e. The number of hydrogen-bond acceptors (Lipinski definition) is 10. The van der Waals surface area contributed by atoms with E-state index in [0.29, 0.717) is 19.3 Å². The smallest absolute Gasteiger partial charge is 0.312 e. The second-order valence-corrected chi connectivity index (χ2v) is 21.5. The van der Waals surface area contributed by atoms with E-state index in [1.807, 2.05) is 78.8 Å². The summed E-state index contributed by atoms with van der Waals surface area (Å²) in [6, 6.07) is 11.0. The van der Waals surface area contributed by atoms with Crippen LogP contribution in [-0.2, 0) is 44.8 Å². The monoisotopic (exact) mass is 923 g/mol. The minimum atomic E-state index is -4.35. The molecule has 16 nitrogen and oxygen atoms in total. The van der Waals surface area contributed by atoms with Crippen LogP contribution in [0, 0.1) is 17.3 Å². The zero-order valence-corrected chi connectivity index (χ0v) is 41.2. The Morgan fingerprint density at radius 2 is 1.43 bits per heavy atom. The van der Waals surface area contributed by atoms with Crippen molar-refractivity contribution in [2.45, 2.75) is 147 Å². The first-order chi connectivity index (χ1) is 30.1. The third kappa shape index (κ3) is 14.4. The Morgan fingerprint density at radius 3 is 1.92 bits per heavy atom. The van der Waals surface area contributed by atoms with Crippen molar-refractivity contribution in [3.63, 3.8) is 0 Å². The van der Waals surface area contributed by atoms with Gasteiger partial charge in [-0.05, 0) is 80.2 Å². The molecule has 2 aromatic rings. The van der Waals surface area contributed by atoms with Gasteiger partial charge < -0.3 is 37.6 Å². The van der Waals surface area contributed by atoms with E-state index in [4.69, 9.17) is 11.5 Å². The van der Waals surface area contributed by atoms with Gasteiger partial charge in [0.15, 0.2) is 5.78 Å². The van der Waals surface area contributed by atoms with E-state index in [2.05, 4.69) is 26.0 Å². The number of amides is 6. The van der Waals surface area contributed by atoms with Crippen LogP contribution in [0.25, 0.3) is 0 Å². The molecule has 1 saturated carbocycles. The first kappa shape index (κ1) is 54.2. The minimum Gasteiger partial charge on any atom is -0.352 e. The fraction of sp³-hybridized carbons (Fsp3) is 0.583. The molecule has 65 heavy (non-hydrogen) atoms. The number of nitrogens with two attached hydrogens (primary N) is 2. The summed E-state index contributed by atoms with van der Waals surface area (Å²) in [5, 5.41) is 11.4. The number of ketones is 1. The molecule has 9 N–H and O–H groups in total. The van der Waals surface area contributed by atoms with Gasteiger partial charge >= 0.3 is 6.03 Å². The predicted octanol–water partition coefficient (Wildman–Crippen LogP) is 3.92. The van der Waals surface area contributed by atoms with Gasteiger partial charge in [-0.3, -0.25) is 24.0 Å². The van der Waals surface area contributed by atoms with Gasteiger partial charge in [-0.2, -0.15) is 0 Å². The van der Waals surface area contributed by atoms with Crippen molar-refractivity contribution in [1.82, 2.24) is 30.9 Å². The predicted molar refractivity (Wildman–Crippen MR) is 253 cm³/mol. The lowest BCUT2D eigenvalue weighted by Crippen LogP contribution is -2.61. The van der Waals surface area contributed by atoms with E-state index in [1.54, 1.807) is 46.2 Å². The van der Waals surface area contributed by atoms with Crippen LogP contribution in [0.15, 0.2) is 71.1 Å². The van der Waals surface area contributed by atoms with Crippen LogP contribution in [0.4, 0.5) is 4.79 Å². The molecular weight excluding hydrogens is 849 g/mol. The number of rotatable bonds is 23. The molecule has 0 bridgehead atoms. The van der Waals surface area contributed by atoms with Crippen molar-refractivity contribution in [2.75, 3.05) is 20.6 Å². The summed E-state index contributed by atoms with van der Waals surface area (Å²) in [5.74, 6) is -2.63. The average molecular weight is 923 g/mol. The van der Waals surface area contributed by atoms with Crippen LogP contribution in [0.3, 0.4) is 0 Å². The molecule has 1 aliphatic rings. The summed E-state index contributed by atoms with van der Waals surface area (Å²) in [5.41, 5.74) is 11.1. The van der Waals surface area contributed by atoms with Crippen LogP contribution in [0.1, 0.15) is 112 Å². The lowest BCUT2D eigenvalue weighted by atomic mass is 9.76. The number of benzene rings is 2. The maximum absolute atomic E-state index is 14.3. The Hall–Kier alpha value is -5.13. The van der Waals surface area contributed by atoms with Gasteiger partial charge in [0.25, 0.3) is 15.9 Å². The molecule has 1 aliphatic carbocycles. The van der Waals surface area contributed by atoms with Gasteiger partial charge in [-0.15, -0.1) is 0 Å². The second kappa shape index (κ2) is 22.4. The normalized spacial score (nSPS) is 16.4. The average Bonchev–Trinajstić information content (AvgIpc) is 4.01. The van der Waals surface area contributed by atoms with Crippen LogP contribution < -0.4 is 37.5 Å². The minimum absolute atomic E-state index is 0.0663. The molecular formula is C48H74N8O8S. The third-order valence-corrected chi connectivity index (χ3v) is 13.9. The van der Waals surface area contributed by atoms with Gasteiger partial charge in [0.05, 0.1) is 29.1 Å². The van der Waals surface area contributed by atoms with Crippen molar-refractivity contribution < 1.29 is 37.2 Å². The van der Waals surface area contributed by atoms with E-state index in [1.165, 1.54) is 24.0 Å². The highest BCUT2D eigenvalue weighted by atomic mass is 32.2. The van der Waals surface area contributed by atoms with E-state index < -0.39 is 74.3 Å². The zero-order valence-electron chi connectivity index (χ0n) is 40.3. The Kier molecular flexibility index (Phi) is 18.7. The number of Topliss-reactive ketones (excluding diaryl/α,β-unsaturated/α-hetero) is 1. The van der Waals surface area contributed by atoms with Crippen LogP contribution in [-0.4, -0.2) is 99.6 Å². The largest absolute Gasteiger partial charge is 0.352 e. The molecule has 0 aliphatic heterocycles. The number of carbonyl (C=O) groups is 6. The van der Waals surface area contributed by atoms with Crippen LogP contribution in [0.5, 0.6) is 0 Å². The van der Waals surface area contributed by atoms with Crippen molar-refractivity contribution in [3.8, 4) is 0 Å². The van der Waals surface area contributed by atoms with Crippen LogP contribution in [0.2, 0.25) is 0 Å². The highest BCUT2D eigenvalue weighted by molar-refractivity contribution is 7.90. The lowest BCUT2D eigenvalue weighted by Gasteiger charge is -2.40. The SMILES string of the molecule is CN[C@H](C(=O)N[C@H](C(=O)N(C)[C@H](/C=C(\C)C(=O)NS(=O)(=O)c1ccc(C2(CC(=O)[C@H](CCCNC(N)=O)NC(=O)[C@@H](N)C(C)C)CC2)cc1)C(C)C)C(C)(C)C)C(C)(C)c1ccccc1. The molecule has 0 aromatic heterocycles. The zero-order chi connectivity index (χ0) is 49.2. The topological polar surface area (TPSA) is 252 Å². The standard InChI is InChI=1S/C48H74N8O8S/c1-29(2)36(56(12)44(61)40(46(6,7)8)54-43(60)39(51-11)47(9,10)32-17-14-13-15-18-32)27-31(5)41(58)55-65(63,64)34-22-20-33(21-23-34)48(24-25-48)28-37(57)35(19-16-26-52-45(50)62)53-42(59)38(49)30(3)4/h13-15,17-18,20-23,27,29-30,35-36,38-40,51H,16,19,24-26,28,49H2,1-12H3,(H,53,59)(H,54,60)(H,55,58)(H3,50,52,62)/b31-27+/t35-,36+,38-,39+,40+/m0/s1. The van der Waals surface area contributed by atoms with Gasteiger partial charge in [0, 0.05) is 36.4 Å². The summed E-state index contributed by atoms with van der Waals surface area (Å²) in [7, 11) is -1.05. The maximum atomic E-state index is 14.3. The van der Waals surface area contributed by atoms with Crippen molar-refractivity contribution in [3.05, 3.63) is 77.4 Å². The number of urea groups is 1. The molecule has 3 rings (SSSR count). The third-order valence-electron chi connectivity index (χ3n) is 12.5. The van der Waals surface area contributed by atoms with E-state index in [9.17, 15) is 37.2 Å². The van der Waals surface area contributed by atoms with E-state index >= 15 is 0 Å². The molecule has 5 atom stereocenters. The molecule has 0 saturated heterocycles. The Bertz CT molecular complexity index is 2150. The summed E-state index contributed by atoms with van der Waals surface area (Å²) >= 11 is 0. The number of carbonyl (C=O) groups excluding carboxylic acids is 6. The molecule has 2 aromatic carbocycles. The summed E-state index contributed by atoms with van der Waals surface area (Å²) < 4.78 is 29.3. The number of nitrogens with zero attached hydrogens (tertiary/aromatic N) is 1. The second-order valence-electron chi connectivity index (χ2n) is 19.8. The molecule has 0 heterocycles. The summed E-state index contributed by atoms with van der Waals surface area (Å²) in [6.07, 6.45) is 3.61. The fourth-order valence-electron chi connectivity index (χ4n) is 7.99. The molecule has 1 fully saturated rings. The first-order valence-electron chi connectivity index (χ1n) is 22.4. The quantitative estimate of drug-likeness (QED) is 0.0625.